The molecule has 0 spiro atoms. The average molecular weight is 801 g/mol. The van der Waals surface area contributed by atoms with Crippen molar-refractivity contribution in [1.82, 2.24) is 0 Å². The summed E-state index contributed by atoms with van der Waals surface area (Å²) in [6.45, 7) is 2.17. The zero-order valence-electron chi connectivity index (χ0n) is 34.9. The summed E-state index contributed by atoms with van der Waals surface area (Å²) in [7, 11) is -4.64. The number of hydrogen-bond acceptors (Lipinski definition) is 9. The topological polar surface area (TPSA) is 149 Å². The van der Waals surface area contributed by atoms with E-state index < -0.39 is 58.4 Å². The molecule has 0 aliphatic heterocycles. The van der Waals surface area contributed by atoms with Gasteiger partial charge in [0.05, 0.1) is 26.4 Å². The smallest absolute Gasteiger partial charge is 0.457 e. The number of phosphoric acid groups is 1. The Kier molecular flexibility index (Phi) is 39.1. The largest absolute Gasteiger partial charge is 0.472 e. The molecule has 322 valence electrons. The normalized spacial score (nSPS) is 14.2. The quantitative estimate of drug-likeness (QED) is 0.0236. The fraction of sp³-hybridized carbons (Fsp3) is 0.818. The highest BCUT2D eigenvalue weighted by molar-refractivity contribution is 7.47. The molecule has 0 aliphatic carbocycles. The fourth-order valence-electron chi connectivity index (χ4n) is 5.90. The average Bonchev–Trinajstić information content (AvgIpc) is 3.17. The van der Waals surface area contributed by atoms with Crippen LogP contribution in [0.2, 0.25) is 0 Å². The second-order valence-electron chi connectivity index (χ2n) is 14.7. The van der Waals surface area contributed by atoms with Gasteiger partial charge in [0, 0.05) is 12.8 Å². The van der Waals surface area contributed by atoms with Gasteiger partial charge in [-0.1, -0.05) is 147 Å². The highest BCUT2D eigenvalue weighted by Gasteiger charge is 2.27. The minimum Gasteiger partial charge on any atom is -0.457 e. The number of ether oxygens (including phenoxy) is 2. The molecule has 0 rings (SSSR count). The van der Waals surface area contributed by atoms with Crippen molar-refractivity contribution in [3.05, 3.63) is 36.5 Å². The van der Waals surface area contributed by atoms with Crippen LogP contribution in [0.4, 0.5) is 0 Å². The standard InChI is InChI=1S/C44H81O10P/c1-3-5-7-9-11-13-15-17-19-20-21-22-24-26-28-30-32-34-36-44(48)54-42(38-46)40-52-55(49,50)51-39-41(37-45)53-43(47)35-33-31-29-27-25-23-18-16-14-12-10-8-6-4-2/h13,15-16,18-20,41-42,45-46H,3-12,14,17,21-40H2,1-2H3,(H,49,50)/b15-13-,18-16-,20-19-. The minimum absolute atomic E-state index is 0.182. The summed E-state index contributed by atoms with van der Waals surface area (Å²) in [5, 5.41) is 19.2. The first-order valence-corrected chi connectivity index (χ1v) is 23.4. The number of hydrogen-bond donors (Lipinski definition) is 3. The van der Waals surface area contributed by atoms with Crippen LogP contribution in [0.15, 0.2) is 36.5 Å². The molecular formula is C44H81O10P. The predicted molar refractivity (Wildman–Crippen MR) is 224 cm³/mol. The molecule has 10 nitrogen and oxygen atoms in total. The predicted octanol–water partition coefficient (Wildman–Crippen LogP) is 11.6. The molecule has 0 bridgehead atoms. The molecule has 0 radical (unpaired) electrons. The van der Waals surface area contributed by atoms with Gasteiger partial charge in [-0.05, 0) is 70.6 Å². The summed E-state index contributed by atoms with van der Waals surface area (Å²) in [4.78, 5) is 34.5. The number of carbonyl (C=O) groups excluding carboxylic acids is 2. The molecule has 3 atom stereocenters. The van der Waals surface area contributed by atoms with E-state index in [0.717, 1.165) is 70.6 Å². The Bertz CT molecular complexity index is 1010. The van der Waals surface area contributed by atoms with E-state index in [0.29, 0.717) is 12.8 Å². The number of allylic oxidation sites excluding steroid dienone is 6. The first kappa shape index (κ1) is 53.2. The number of esters is 2. The Hall–Kier alpha value is -1.81. The van der Waals surface area contributed by atoms with E-state index in [4.69, 9.17) is 18.5 Å². The third-order valence-electron chi connectivity index (χ3n) is 9.32. The van der Waals surface area contributed by atoms with Crippen molar-refractivity contribution in [2.24, 2.45) is 0 Å². The lowest BCUT2D eigenvalue weighted by Crippen LogP contribution is -2.28. The summed E-state index contributed by atoms with van der Waals surface area (Å²) in [6, 6.07) is 0. The molecule has 0 aliphatic rings. The molecule has 0 heterocycles. The van der Waals surface area contributed by atoms with E-state index in [-0.39, 0.29) is 12.8 Å². The van der Waals surface area contributed by atoms with E-state index in [2.05, 4.69) is 50.3 Å². The summed E-state index contributed by atoms with van der Waals surface area (Å²) >= 11 is 0. The van der Waals surface area contributed by atoms with Crippen LogP contribution in [0.1, 0.15) is 194 Å². The highest BCUT2D eigenvalue weighted by atomic mass is 31.2. The van der Waals surface area contributed by atoms with Crippen molar-refractivity contribution in [3.8, 4) is 0 Å². The van der Waals surface area contributed by atoms with Gasteiger partial charge in [0.2, 0.25) is 0 Å². The van der Waals surface area contributed by atoms with Crippen LogP contribution in [0.25, 0.3) is 0 Å². The molecule has 0 saturated heterocycles. The van der Waals surface area contributed by atoms with Gasteiger partial charge < -0.3 is 24.6 Å². The summed E-state index contributed by atoms with van der Waals surface area (Å²) in [5.41, 5.74) is 0. The van der Waals surface area contributed by atoms with Crippen LogP contribution >= 0.6 is 7.82 Å². The van der Waals surface area contributed by atoms with Crippen molar-refractivity contribution >= 4 is 19.8 Å². The number of unbranched alkanes of at least 4 members (excludes halogenated alkanes) is 21. The summed E-state index contributed by atoms with van der Waals surface area (Å²) in [6.07, 6.45) is 41.1. The third kappa shape index (κ3) is 38.8. The Morgan fingerprint density at radius 2 is 0.800 bits per heavy atom. The molecule has 0 fully saturated rings. The first-order chi connectivity index (χ1) is 26.8. The zero-order valence-corrected chi connectivity index (χ0v) is 35.8. The maximum Gasteiger partial charge on any atom is 0.472 e. The monoisotopic (exact) mass is 801 g/mol. The second-order valence-corrected chi connectivity index (χ2v) is 16.1. The molecule has 0 aromatic rings. The van der Waals surface area contributed by atoms with Crippen LogP contribution in [-0.4, -0.2) is 65.7 Å². The fourth-order valence-corrected chi connectivity index (χ4v) is 6.69. The molecule has 3 N–H and O–H groups in total. The number of aliphatic hydroxyl groups excluding tert-OH is 2. The van der Waals surface area contributed by atoms with Gasteiger partial charge in [-0.3, -0.25) is 18.6 Å². The van der Waals surface area contributed by atoms with E-state index in [1.807, 2.05) is 0 Å². The third-order valence-corrected chi connectivity index (χ3v) is 10.3. The maximum atomic E-state index is 12.4. The van der Waals surface area contributed by atoms with Crippen molar-refractivity contribution < 1.29 is 47.8 Å². The van der Waals surface area contributed by atoms with Crippen molar-refractivity contribution in [3.63, 3.8) is 0 Å². The number of aliphatic hydroxyl groups is 2. The van der Waals surface area contributed by atoms with Crippen molar-refractivity contribution in [1.29, 1.82) is 0 Å². The first-order valence-electron chi connectivity index (χ1n) is 21.9. The molecule has 11 heteroatoms. The van der Waals surface area contributed by atoms with E-state index in [9.17, 15) is 29.3 Å². The molecule has 0 amide bonds. The zero-order chi connectivity index (χ0) is 40.5. The number of carbonyl (C=O) groups is 2. The van der Waals surface area contributed by atoms with E-state index in [1.54, 1.807) is 0 Å². The van der Waals surface area contributed by atoms with E-state index >= 15 is 0 Å². The number of rotatable bonds is 41. The van der Waals surface area contributed by atoms with Gasteiger partial charge in [-0.2, -0.15) is 0 Å². The molecule has 55 heavy (non-hydrogen) atoms. The van der Waals surface area contributed by atoms with Gasteiger partial charge in [0.15, 0.2) is 0 Å². The van der Waals surface area contributed by atoms with Gasteiger partial charge in [-0.15, -0.1) is 0 Å². The summed E-state index contributed by atoms with van der Waals surface area (Å²) < 4.78 is 32.6. The molecular weight excluding hydrogens is 719 g/mol. The van der Waals surface area contributed by atoms with Crippen molar-refractivity contribution in [2.75, 3.05) is 26.4 Å². The van der Waals surface area contributed by atoms with Crippen LogP contribution in [0.5, 0.6) is 0 Å². The molecule has 0 saturated carbocycles. The van der Waals surface area contributed by atoms with Crippen LogP contribution in [0.3, 0.4) is 0 Å². The lowest BCUT2D eigenvalue weighted by atomic mass is 10.1. The number of phosphoric ester groups is 1. The lowest BCUT2D eigenvalue weighted by Gasteiger charge is -2.20. The summed E-state index contributed by atoms with van der Waals surface area (Å²) in [5.74, 6) is -1.03. The molecule has 0 aromatic carbocycles. The lowest BCUT2D eigenvalue weighted by molar-refractivity contribution is -0.153. The SMILES string of the molecule is CCCCCC/C=C\C/C=C\CCCCCCCCCC(=O)OC(CO)COP(=O)(O)OCC(CO)OC(=O)CCCCCCC/C=C\CCCCCCC. The van der Waals surface area contributed by atoms with Gasteiger partial charge in [0.25, 0.3) is 0 Å². The van der Waals surface area contributed by atoms with Crippen LogP contribution < -0.4 is 0 Å². The Balaban J connectivity index is 3.94. The Morgan fingerprint density at radius 3 is 1.16 bits per heavy atom. The highest BCUT2D eigenvalue weighted by Crippen LogP contribution is 2.43. The Morgan fingerprint density at radius 1 is 0.491 bits per heavy atom. The van der Waals surface area contributed by atoms with Crippen molar-refractivity contribution in [2.45, 2.75) is 206 Å². The van der Waals surface area contributed by atoms with Gasteiger partial charge in [0.1, 0.15) is 12.2 Å². The second kappa shape index (κ2) is 40.4. The molecule has 0 aromatic heterocycles. The van der Waals surface area contributed by atoms with Gasteiger partial charge in [-0.25, -0.2) is 4.57 Å². The minimum atomic E-state index is -4.64. The molecule has 3 unspecified atom stereocenters. The van der Waals surface area contributed by atoms with E-state index in [1.165, 1.54) is 83.5 Å². The van der Waals surface area contributed by atoms with Crippen LogP contribution in [0, 0.1) is 0 Å². The Labute approximate surface area is 335 Å². The van der Waals surface area contributed by atoms with Crippen LogP contribution in [-0.2, 0) is 32.7 Å². The maximum absolute atomic E-state index is 12.4. The van der Waals surface area contributed by atoms with Gasteiger partial charge >= 0.3 is 19.8 Å².